The van der Waals surface area contributed by atoms with Crippen LogP contribution in [0.4, 0.5) is 0 Å². The van der Waals surface area contributed by atoms with Crippen molar-refractivity contribution in [3.63, 3.8) is 0 Å². The molecule has 1 aromatic carbocycles. The Morgan fingerprint density at radius 1 is 1.16 bits per heavy atom. The minimum atomic E-state index is -0.261. The predicted octanol–water partition coefficient (Wildman–Crippen LogP) is 5.34. The molecule has 1 unspecified atom stereocenters. The second kappa shape index (κ2) is 6.95. The van der Waals surface area contributed by atoms with Gasteiger partial charge in [0.2, 0.25) is 0 Å². The zero-order valence-corrected chi connectivity index (χ0v) is 13.2. The van der Waals surface area contributed by atoms with Gasteiger partial charge in [0, 0.05) is 0 Å². The fourth-order valence-electron chi connectivity index (χ4n) is 2.10. The summed E-state index contributed by atoms with van der Waals surface area (Å²) in [5.41, 5.74) is 1.00. The van der Waals surface area contributed by atoms with E-state index in [4.69, 9.17) is 9.78 Å². The molecule has 108 valence electrons. The molecule has 1 atom stereocenters. The van der Waals surface area contributed by atoms with Crippen molar-refractivity contribution in [2.24, 2.45) is 5.92 Å². The molecular formula is C17H28O2. The van der Waals surface area contributed by atoms with Gasteiger partial charge < -0.3 is 4.89 Å². The Morgan fingerprint density at radius 3 is 2.42 bits per heavy atom. The van der Waals surface area contributed by atoms with Gasteiger partial charge >= 0.3 is 0 Å². The Balaban J connectivity index is 2.58. The van der Waals surface area contributed by atoms with Gasteiger partial charge in [-0.3, -0.25) is 0 Å². The number of hydrogen-bond acceptors (Lipinski definition) is 2. The van der Waals surface area contributed by atoms with Crippen molar-refractivity contribution in [2.75, 3.05) is 0 Å². The van der Waals surface area contributed by atoms with E-state index in [0.717, 1.165) is 18.6 Å². The van der Waals surface area contributed by atoms with Crippen molar-refractivity contribution < 1.29 is 9.78 Å². The Hall–Kier alpha value is -1.02. The van der Waals surface area contributed by atoms with Gasteiger partial charge in [0.25, 0.3) is 0 Å². The molecule has 0 spiro atoms. The summed E-state index contributed by atoms with van der Waals surface area (Å²) in [5.74, 6) is 1.92. The van der Waals surface area contributed by atoms with Crippen molar-refractivity contribution in [1.82, 2.24) is 0 Å². The van der Waals surface area contributed by atoms with Gasteiger partial charge in [0.1, 0.15) is 5.60 Å². The normalized spacial score (nSPS) is 13.6. The Kier molecular flexibility index (Phi) is 5.86. The average molecular weight is 264 g/mol. The first kappa shape index (κ1) is 16.0. The van der Waals surface area contributed by atoms with Crippen molar-refractivity contribution in [3.05, 3.63) is 29.8 Å². The summed E-state index contributed by atoms with van der Waals surface area (Å²) in [4.78, 5) is 11.1. The lowest BCUT2D eigenvalue weighted by Crippen LogP contribution is -2.28. The van der Waals surface area contributed by atoms with Gasteiger partial charge in [0.05, 0.1) is 0 Å². The number of rotatable bonds is 7. The topological polar surface area (TPSA) is 18.5 Å². The molecule has 1 rings (SSSR count). The van der Waals surface area contributed by atoms with E-state index in [1.54, 1.807) is 0 Å². The fourth-order valence-corrected chi connectivity index (χ4v) is 2.10. The molecule has 19 heavy (non-hydrogen) atoms. The molecule has 0 bridgehead atoms. The predicted molar refractivity (Wildman–Crippen MR) is 80.4 cm³/mol. The summed E-state index contributed by atoms with van der Waals surface area (Å²) in [6.45, 7) is 12.9. The third kappa shape index (κ3) is 5.65. The highest BCUT2D eigenvalue weighted by Crippen LogP contribution is 2.25. The van der Waals surface area contributed by atoms with Crippen LogP contribution >= 0.6 is 0 Å². The van der Waals surface area contributed by atoms with Crippen molar-refractivity contribution >= 4 is 0 Å². The van der Waals surface area contributed by atoms with E-state index in [2.05, 4.69) is 47.6 Å². The molecule has 0 saturated heterocycles. The molecule has 0 N–H and O–H groups in total. The maximum atomic E-state index is 5.62. The summed E-state index contributed by atoms with van der Waals surface area (Å²) in [6, 6.07) is 8.10. The minimum absolute atomic E-state index is 0.261. The quantitative estimate of drug-likeness (QED) is 0.489. The molecule has 0 aliphatic carbocycles. The largest absolute Gasteiger partial charge is 0.337 e. The first-order valence-electron chi connectivity index (χ1n) is 7.29. The molecular weight excluding hydrogens is 236 g/mol. The van der Waals surface area contributed by atoms with Gasteiger partial charge in [-0.1, -0.05) is 46.2 Å². The summed E-state index contributed by atoms with van der Waals surface area (Å²) in [5, 5.41) is 0. The molecule has 2 heteroatoms. The molecule has 0 saturated carbocycles. The maximum absolute atomic E-state index is 5.62. The van der Waals surface area contributed by atoms with Crippen molar-refractivity contribution in [1.29, 1.82) is 0 Å². The second-order valence-corrected chi connectivity index (χ2v) is 6.37. The first-order valence-corrected chi connectivity index (χ1v) is 7.29. The highest BCUT2D eigenvalue weighted by molar-refractivity contribution is 5.29. The van der Waals surface area contributed by atoms with Crippen molar-refractivity contribution in [3.8, 4) is 5.75 Å². The lowest BCUT2D eigenvalue weighted by Gasteiger charge is -2.26. The van der Waals surface area contributed by atoms with Crippen LogP contribution in [0.3, 0.4) is 0 Å². The molecule has 0 heterocycles. The minimum Gasteiger partial charge on any atom is -0.337 e. The van der Waals surface area contributed by atoms with E-state index < -0.39 is 0 Å². The Morgan fingerprint density at radius 2 is 1.84 bits per heavy atom. The van der Waals surface area contributed by atoms with Crippen LogP contribution in [0, 0.1) is 5.92 Å². The van der Waals surface area contributed by atoms with Crippen LogP contribution in [0.25, 0.3) is 0 Å². The highest BCUT2D eigenvalue weighted by atomic mass is 17.2. The van der Waals surface area contributed by atoms with E-state index in [1.165, 1.54) is 5.56 Å². The van der Waals surface area contributed by atoms with Crippen LogP contribution in [0.2, 0.25) is 0 Å². The molecule has 0 aromatic heterocycles. The van der Waals surface area contributed by atoms with Crippen LogP contribution in [0.1, 0.15) is 65.9 Å². The lowest BCUT2D eigenvalue weighted by atomic mass is 9.93. The molecule has 0 aliphatic heterocycles. The fraction of sp³-hybridized carbons (Fsp3) is 0.647. The Bertz CT molecular complexity index is 383. The second-order valence-electron chi connectivity index (χ2n) is 6.37. The van der Waals surface area contributed by atoms with Gasteiger partial charge in [-0.05, 0) is 49.8 Å². The molecule has 0 amide bonds. The lowest BCUT2D eigenvalue weighted by molar-refractivity contribution is -0.285. The van der Waals surface area contributed by atoms with Crippen LogP contribution < -0.4 is 4.89 Å². The molecule has 0 aliphatic rings. The van der Waals surface area contributed by atoms with E-state index in [0.29, 0.717) is 11.8 Å². The summed E-state index contributed by atoms with van der Waals surface area (Å²) < 4.78 is 0. The van der Waals surface area contributed by atoms with E-state index >= 15 is 0 Å². The number of hydrogen-bond donors (Lipinski definition) is 0. The highest BCUT2D eigenvalue weighted by Gasteiger charge is 2.23. The average Bonchev–Trinajstić information content (AvgIpc) is 2.36. The Labute approximate surface area is 118 Å². The van der Waals surface area contributed by atoms with Crippen LogP contribution in [0.15, 0.2) is 24.3 Å². The smallest absolute Gasteiger partial charge is 0.165 e. The molecule has 1 aromatic rings. The first-order chi connectivity index (χ1) is 8.84. The molecule has 0 radical (unpaired) electrons. The standard InChI is InChI=1S/C17H28O2/c1-7-14(4)12-17(5,6)19-18-16-10-8-9-15(11-16)13(2)3/h8-11,13-14H,7,12H2,1-6H3. The van der Waals surface area contributed by atoms with Crippen molar-refractivity contribution in [2.45, 2.75) is 65.9 Å². The summed E-state index contributed by atoms with van der Waals surface area (Å²) in [7, 11) is 0. The zero-order chi connectivity index (χ0) is 14.5. The van der Waals surface area contributed by atoms with E-state index in [-0.39, 0.29) is 5.60 Å². The third-order valence-corrected chi connectivity index (χ3v) is 3.43. The SMILES string of the molecule is CCC(C)CC(C)(C)OOc1cccc(C(C)C)c1. The van der Waals surface area contributed by atoms with Gasteiger partial charge in [-0.25, -0.2) is 0 Å². The van der Waals surface area contributed by atoms with Crippen LogP contribution in [0.5, 0.6) is 5.75 Å². The summed E-state index contributed by atoms with van der Waals surface area (Å²) in [6.07, 6.45) is 2.16. The van der Waals surface area contributed by atoms with Gasteiger partial charge in [0.15, 0.2) is 5.75 Å². The number of benzene rings is 1. The zero-order valence-electron chi connectivity index (χ0n) is 13.2. The molecule has 2 nitrogen and oxygen atoms in total. The van der Waals surface area contributed by atoms with Crippen LogP contribution in [-0.4, -0.2) is 5.60 Å². The maximum Gasteiger partial charge on any atom is 0.165 e. The van der Waals surface area contributed by atoms with Gasteiger partial charge in [-0.15, -0.1) is 0 Å². The third-order valence-electron chi connectivity index (χ3n) is 3.43. The molecule has 0 fully saturated rings. The monoisotopic (exact) mass is 264 g/mol. The van der Waals surface area contributed by atoms with Gasteiger partial charge in [-0.2, -0.15) is 4.89 Å². The van der Waals surface area contributed by atoms with E-state index in [9.17, 15) is 0 Å². The van der Waals surface area contributed by atoms with E-state index in [1.807, 2.05) is 18.2 Å². The summed E-state index contributed by atoms with van der Waals surface area (Å²) >= 11 is 0. The van der Waals surface area contributed by atoms with Crippen LogP contribution in [-0.2, 0) is 4.89 Å².